The van der Waals surface area contributed by atoms with Gasteiger partial charge in [-0.05, 0) is 99.2 Å². The van der Waals surface area contributed by atoms with Crippen LogP contribution in [0.2, 0.25) is 0 Å². The topological polar surface area (TPSA) is 170 Å². The molecule has 2 fully saturated rings. The molecule has 14 nitrogen and oxygen atoms in total. The molecule has 3 unspecified atom stereocenters. The van der Waals surface area contributed by atoms with E-state index >= 15 is 0 Å². The highest BCUT2D eigenvalue weighted by Gasteiger charge is 2.40. The highest BCUT2D eigenvalue weighted by molar-refractivity contribution is 7.08. The van der Waals surface area contributed by atoms with Crippen molar-refractivity contribution in [1.82, 2.24) is 35.7 Å². The highest BCUT2D eigenvalue weighted by Crippen LogP contribution is 2.35. The summed E-state index contributed by atoms with van der Waals surface area (Å²) in [7, 11) is 2.59. The van der Waals surface area contributed by atoms with E-state index in [1.54, 1.807) is 4.90 Å². The Labute approximate surface area is 352 Å². The number of nitrogens with zero attached hydrogens (tertiary/aromatic N) is 4. The van der Waals surface area contributed by atoms with E-state index in [4.69, 9.17) is 19.5 Å². The molecule has 4 amide bonds. The molecule has 3 aromatic carbocycles. The Bertz CT molecular complexity index is 2400. The molecule has 8 rings (SSSR count). The number of H-pyrrole nitrogens is 1. The van der Waals surface area contributed by atoms with E-state index in [1.165, 1.54) is 25.6 Å². The lowest BCUT2D eigenvalue weighted by molar-refractivity contribution is -0.135. The van der Waals surface area contributed by atoms with Gasteiger partial charge in [-0.1, -0.05) is 62.4 Å². The predicted molar refractivity (Wildman–Crippen MR) is 230 cm³/mol. The zero-order valence-corrected chi connectivity index (χ0v) is 35.0. The van der Waals surface area contributed by atoms with Gasteiger partial charge in [-0.2, -0.15) is 11.3 Å². The second kappa shape index (κ2) is 17.6. The van der Waals surface area contributed by atoms with Crippen molar-refractivity contribution >= 4 is 51.9 Å². The smallest absolute Gasteiger partial charge is 0.407 e. The number of aliphatic imine (C=N–C) groups is 1. The van der Waals surface area contributed by atoms with Crippen molar-refractivity contribution in [1.29, 1.82) is 0 Å². The summed E-state index contributed by atoms with van der Waals surface area (Å²) in [5.41, 5.74) is 5.88. The zero-order chi connectivity index (χ0) is 41.9. The number of benzene rings is 3. The number of amidine groups is 1. The normalized spacial score (nSPS) is 19.8. The number of hydrogen-bond donors (Lipinski definition) is 4. The van der Waals surface area contributed by atoms with Gasteiger partial charge >= 0.3 is 12.2 Å². The van der Waals surface area contributed by atoms with Crippen LogP contribution in [0.5, 0.6) is 0 Å². The van der Waals surface area contributed by atoms with Gasteiger partial charge in [0, 0.05) is 13.1 Å². The molecule has 2 aromatic heterocycles. The second-order valence-corrected chi connectivity index (χ2v) is 16.6. The van der Waals surface area contributed by atoms with Crippen LogP contribution < -0.4 is 16.0 Å². The molecule has 60 heavy (non-hydrogen) atoms. The lowest BCUT2D eigenvalue weighted by atomic mass is 9.97. The van der Waals surface area contributed by atoms with Crippen LogP contribution in [0.1, 0.15) is 74.6 Å². The Hall–Kier alpha value is -6.22. The monoisotopic (exact) mass is 830 g/mol. The fourth-order valence-electron chi connectivity index (χ4n) is 8.58. The summed E-state index contributed by atoms with van der Waals surface area (Å²) in [5, 5.41) is 15.0. The summed E-state index contributed by atoms with van der Waals surface area (Å²) in [5.74, 6) is 1.13. The molecular weight excluding hydrogens is 781 g/mol. The van der Waals surface area contributed by atoms with Crippen molar-refractivity contribution < 1.29 is 28.7 Å². The van der Waals surface area contributed by atoms with E-state index in [-0.39, 0.29) is 35.9 Å². The summed E-state index contributed by atoms with van der Waals surface area (Å²) >= 11 is 1.47. The van der Waals surface area contributed by atoms with Crippen molar-refractivity contribution in [3.63, 3.8) is 0 Å². The molecule has 2 saturated heterocycles. The largest absolute Gasteiger partial charge is 0.453 e. The van der Waals surface area contributed by atoms with E-state index in [1.807, 2.05) is 41.8 Å². The molecule has 4 N–H and O–H groups in total. The number of methoxy groups -OCH3 is 2. The van der Waals surface area contributed by atoms with Gasteiger partial charge in [0.15, 0.2) is 0 Å². The molecule has 5 heterocycles. The van der Waals surface area contributed by atoms with Crippen LogP contribution in [0, 0.1) is 5.92 Å². The lowest BCUT2D eigenvalue weighted by Crippen LogP contribution is -2.54. The Balaban J connectivity index is 0.913. The molecule has 0 saturated carbocycles. The third-order valence-corrected chi connectivity index (χ3v) is 12.5. The minimum atomic E-state index is -0.841. The first kappa shape index (κ1) is 40.6. The first-order valence-electron chi connectivity index (χ1n) is 20.4. The maximum absolute atomic E-state index is 13.8. The minimum absolute atomic E-state index is 0.00447. The molecule has 5 atom stereocenters. The van der Waals surface area contributed by atoms with Crippen LogP contribution in [0.4, 0.5) is 9.59 Å². The van der Waals surface area contributed by atoms with Crippen LogP contribution in [0.15, 0.2) is 88.7 Å². The summed E-state index contributed by atoms with van der Waals surface area (Å²) < 4.78 is 9.59. The average Bonchev–Trinajstić information content (AvgIpc) is 4.13. The number of alkyl carbamates (subject to hydrolysis) is 2. The molecule has 5 aromatic rings. The molecule has 3 aliphatic heterocycles. The van der Waals surface area contributed by atoms with Gasteiger partial charge in [-0.25, -0.2) is 14.6 Å². The maximum Gasteiger partial charge on any atom is 0.407 e. The number of rotatable bonds is 11. The fraction of sp³-hybridized carbons (Fsp3) is 0.378. The molecule has 0 bridgehead atoms. The van der Waals surface area contributed by atoms with Gasteiger partial charge in [-0.15, -0.1) is 0 Å². The van der Waals surface area contributed by atoms with Crippen molar-refractivity contribution in [2.24, 2.45) is 10.9 Å². The van der Waals surface area contributed by atoms with Crippen molar-refractivity contribution in [2.45, 2.75) is 69.7 Å². The Morgan fingerprint density at radius 3 is 2.18 bits per heavy atom. The summed E-state index contributed by atoms with van der Waals surface area (Å²) in [6.45, 7) is 5.59. The number of thiophene rings is 1. The molecule has 312 valence electrons. The van der Waals surface area contributed by atoms with Gasteiger partial charge in [0.2, 0.25) is 5.91 Å². The number of ether oxygens (including phenoxy) is 2. The van der Waals surface area contributed by atoms with E-state index in [2.05, 4.69) is 81.6 Å². The molecule has 0 aliphatic carbocycles. The Morgan fingerprint density at radius 2 is 1.47 bits per heavy atom. The van der Waals surface area contributed by atoms with Gasteiger partial charge in [0.05, 0.1) is 50.8 Å². The number of carbonyl (C=O) groups is 4. The number of nitrogens with one attached hydrogen (secondary N) is 4. The Morgan fingerprint density at radius 1 is 0.800 bits per heavy atom. The van der Waals surface area contributed by atoms with Gasteiger partial charge in [-0.3, -0.25) is 14.6 Å². The van der Waals surface area contributed by atoms with Gasteiger partial charge in [0.1, 0.15) is 23.7 Å². The molecule has 0 radical (unpaired) electrons. The standard InChI is InChI=1S/C45H50N8O6S/c1-26(2)38(50-44(56)58-3)42(54)52-18-5-7-36(52)41-47-24-35(49-41)32-16-15-30-21-29(13-14-31(30)22-32)27-9-11-28(12-10-27)34-23-46-40(48-34)37-8-6-19-53(37)43(55)39(51-45(57)59-4)33-17-20-60-25-33/h9-17,20-23,25-26,35-39H,5-8,18-19,24H2,1-4H3,(H,46,48)(H,47,49)(H,50,56)(H,51,57)/t35?,36-,37?,38-,39?/m0/s1. The van der Waals surface area contributed by atoms with Gasteiger partial charge < -0.3 is 40.2 Å². The third kappa shape index (κ3) is 8.31. The van der Waals surface area contributed by atoms with E-state index in [9.17, 15) is 19.2 Å². The first-order chi connectivity index (χ1) is 29.1. The van der Waals surface area contributed by atoms with Crippen LogP contribution in [0.3, 0.4) is 0 Å². The number of fused-ring (bicyclic) bond motifs is 1. The molecular formula is C45H50N8O6S. The lowest BCUT2D eigenvalue weighted by Gasteiger charge is -2.31. The molecule has 15 heteroatoms. The molecule has 3 aliphatic rings. The number of aromatic amines is 1. The fourth-order valence-corrected chi connectivity index (χ4v) is 9.27. The summed E-state index contributed by atoms with van der Waals surface area (Å²) in [6, 6.07) is 21.3. The quantitative estimate of drug-likeness (QED) is 0.109. The van der Waals surface area contributed by atoms with Crippen molar-refractivity contribution in [2.75, 3.05) is 33.9 Å². The van der Waals surface area contributed by atoms with Crippen LogP contribution in [0.25, 0.3) is 33.2 Å². The first-order valence-corrected chi connectivity index (χ1v) is 21.4. The summed E-state index contributed by atoms with van der Waals surface area (Å²) in [4.78, 5) is 68.3. The van der Waals surface area contributed by atoms with E-state index in [0.717, 1.165) is 75.8 Å². The van der Waals surface area contributed by atoms with Crippen molar-refractivity contribution in [3.8, 4) is 22.4 Å². The van der Waals surface area contributed by atoms with Crippen LogP contribution >= 0.6 is 11.3 Å². The van der Waals surface area contributed by atoms with Crippen molar-refractivity contribution in [3.05, 3.63) is 101 Å². The molecule has 0 spiro atoms. The average molecular weight is 831 g/mol. The second-order valence-electron chi connectivity index (χ2n) is 15.9. The SMILES string of the molecule is COC(=O)NC(C(=O)N1CCCC1c1ncc(-c2ccc(-c3ccc4cc(C5CN=C([C@@H]6CCCN6C(=O)[C@@H](NC(=O)OC)C(C)C)N5)ccc4c3)cc2)[nH]1)c1ccsc1. The number of hydrogen-bond acceptors (Lipinski definition) is 10. The maximum atomic E-state index is 13.8. The zero-order valence-electron chi connectivity index (χ0n) is 34.1. The summed E-state index contributed by atoms with van der Waals surface area (Å²) in [6.07, 6.45) is 3.82. The number of likely N-dealkylation sites (tertiary alicyclic amines) is 2. The highest BCUT2D eigenvalue weighted by atomic mass is 32.1. The van der Waals surface area contributed by atoms with Crippen LogP contribution in [-0.2, 0) is 19.1 Å². The van der Waals surface area contributed by atoms with E-state index in [0.29, 0.717) is 25.5 Å². The number of imidazole rings is 1. The Kier molecular flexibility index (Phi) is 11.9. The van der Waals surface area contributed by atoms with Crippen LogP contribution in [-0.4, -0.2) is 95.5 Å². The number of aromatic nitrogens is 2. The number of carbonyl (C=O) groups excluding carboxylic acids is 4. The van der Waals surface area contributed by atoms with Gasteiger partial charge in [0.25, 0.3) is 5.91 Å². The third-order valence-electron chi connectivity index (χ3n) is 11.8. The minimum Gasteiger partial charge on any atom is -0.453 e. The number of amides is 4. The predicted octanol–water partition coefficient (Wildman–Crippen LogP) is 7.13. The van der Waals surface area contributed by atoms with E-state index < -0.39 is 24.3 Å².